The highest BCUT2D eigenvalue weighted by molar-refractivity contribution is 7.92. The first-order chi connectivity index (χ1) is 14.2. The maximum absolute atomic E-state index is 13.0. The molecule has 160 valence electrons. The Bertz CT molecular complexity index is 1060. The summed E-state index contributed by atoms with van der Waals surface area (Å²) in [6, 6.07) is 11.9. The predicted octanol–water partition coefficient (Wildman–Crippen LogP) is 3.27. The van der Waals surface area contributed by atoms with Crippen LogP contribution in [0.1, 0.15) is 45.5 Å². The van der Waals surface area contributed by atoms with E-state index in [4.69, 9.17) is 0 Å². The van der Waals surface area contributed by atoms with E-state index in [0.717, 1.165) is 42.9 Å². The fourth-order valence-electron chi connectivity index (χ4n) is 3.62. The maximum atomic E-state index is 13.0. The SMILES string of the molecule is Cc1c(C(=O)Nc2ccccc2C(=O)N2CCCCC2)cccc1N(C)S(C)(=O)=O. The minimum Gasteiger partial charge on any atom is -0.339 e. The zero-order valence-electron chi connectivity index (χ0n) is 17.5. The third kappa shape index (κ3) is 4.64. The van der Waals surface area contributed by atoms with Gasteiger partial charge in [0, 0.05) is 25.7 Å². The van der Waals surface area contributed by atoms with Crippen molar-refractivity contribution < 1.29 is 18.0 Å². The average Bonchev–Trinajstić information content (AvgIpc) is 2.73. The minimum absolute atomic E-state index is 0.0899. The number of anilines is 2. The third-order valence-corrected chi connectivity index (χ3v) is 6.63. The van der Waals surface area contributed by atoms with E-state index in [1.807, 2.05) is 4.90 Å². The van der Waals surface area contributed by atoms with Crippen LogP contribution in [0, 0.1) is 6.92 Å². The van der Waals surface area contributed by atoms with Gasteiger partial charge in [-0.05, 0) is 56.0 Å². The fraction of sp³-hybridized carbons (Fsp3) is 0.364. The number of hydrogen-bond donors (Lipinski definition) is 1. The van der Waals surface area contributed by atoms with E-state index in [-0.39, 0.29) is 5.91 Å². The second kappa shape index (κ2) is 8.87. The minimum atomic E-state index is -3.46. The van der Waals surface area contributed by atoms with Crippen molar-refractivity contribution in [2.45, 2.75) is 26.2 Å². The van der Waals surface area contributed by atoms with Crippen LogP contribution in [0.2, 0.25) is 0 Å². The number of para-hydroxylation sites is 1. The van der Waals surface area contributed by atoms with Gasteiger partial charge in [0.1, 0.15) is 0 Å². The summed E-state index contributed by atoms with van der Waals surface area (Å²) in [5, 5.41) is 2.84. The Balaban J connectivity index is 1.88. The molecule has 1 aliphatic heterocycles. The van der Waals surface area contributed by atoms with Crippen LogP contribution in [0.4, 0.5) is 11.4 Å². The van der Waals surface area contributed by atoms with Crippen molar-refractivity contribution in [2.75, 3.05) is 36.0 Å². The summed E-state index contributed by atoms with van der Waals surface area (Å²) in [4.78, 5) is 27.8. The van der Waals surface area contributed by atoms with Gasteiger partial charge in [-0.2, -0.15) is 0 Å². The van der Waals surface area contributed by atoms with Crippen molar-refractivity contribution in [3.63, 3.8) is 0 Å². The van der Waals surface area contributed by atoms with E-state index in [0.29, 0.717) is 28.1 Å². The third-order valence-electron chi connectivity index (χ3n) is 5.44. The Morgan fingerprint density at radius 1 is 0.967 bits per heavy atom. The molecule has 2 aromatic carbocycles. The molecule has 0 aliphatic carbocycles. The van der Waals surface area contributed by atoms with Gasteiger partial charge >= 0.3 is 0 Å². The van der Waals surface area contributed by atoms with Crippen molar-refractivity contribution in [1.82, 2.24) is 4.90 Å². The lowest BCUT2D eigenvalue weighted by atomic mass is 10.0. The van der Waals surface area contributed by atoms with Gasteiger partial charge in [0.2, 0.25) is 10.0 Å². The van der Waals surface area contributed by atoms with Gasteiger partial charge in [-0.25, -0.2) is 8.42 Å². The quantitative estimate of drug-likeness (QED) is 0.790. The number of rotatable bonds is 5. The molecule has 8 heteroatoms. The molecule has 3 rings (SSSR count). The van der Waals surface area contributed by atoms with E-state index < -0.39 is 15.9 Å². The monoisotopic (exact) mass is 429 g/mol. The molecular formula is C22H27N3O4S. The largest absolute Gasteiger partial charge is 0.339 e. The average molecular weight is 430 g/mol. The number of likely N-dealkylation sites (tertiary alicyclic amines) is 1. The lowest BCUT2D eigenvalue weighted by Gasteiger charge is -2.27. The fourth-order valence-corrected chi connectivity index (χ4v) is 4.18. The molecule has 2 aromatic rings. The van der Waals surface area contributed by atoms with Gasteiger partial charge in [-0.3, -0.25) is 13.9 Å². The molecule has 7 nitrogen and oxygen atoms in total. The van der Waals surface area contributed by atoms with Crippen LogP contribution in [0.25, 0.3) is 0 Å². The standard InChI is InChI=1S/C22H27N3O4S/c1-16-17(11-9-13-20(16)24(2)30(3,28)29)21(26)23-19-12-6-5-10-18(19)22(27)25-14-7-4-8-15-25/h5-6,9-13H,4,7-8,14-15H2,1-3H3,(H,23,26). The molecule has 0 saturated carbocycles. The molecule has 0 atom stereocenters. The van der Waals surface area contributed by atoms with E-state index in [1.165, 1.54) is 7.05 Å². The summed E-state index contributed by atoms with van der Waals surface area (Å²) >= 11 is 0. The van der Waals surface area contributed by atoms with Crippen LogP contribution < -0.4 is 9.62 Å². The number of carbonyl (C=O) groups is 2. The summed E-state index contributed by atoms with van der Waals surface area (Å²) < 4.78 is 25.0. The lowest BCUT2D eigenvalue weighted by Crippen LogP contribution is -2.36. The predicted molar refractivity (Wildman–Crippen MR) is 119 cm³/mol. The first-order valence-electron chi connectivity index (χ1n) is 9.93. The number of nitrogens with zero attached hydrogens (tertiary/aromatic N) is 2. The van der Waals surface area contributed by atoms with Crippen LogP contribution in [0.5, 0.6) is 0 Å². The number of hydrogen-bond acceptors (Lipinski definition) is 4. The van der Waals surface area contributed by atoms with Gasteiger partial charge in [0.15, 0.2) is 0 Å². The highest BCUT2D eigenvalue weighted by Crippen LogP contribution is 2.26. The maximum Gasteiger partial charge on any atom is 0.256 e. The van der Waals surface area contributed by atoms with Crippen molar-refractivity contribution in [2.24, 2.45) is 0 Å². The Labute approximate surface area is 177 Å². The van der Waals surface area contributed by atoms with Crippen LogP contribution in [-0.4, -0.2) is 51.5 Å². The summed E-state index contributed by atoms with van der Waals surface area (Å²) in [7, 11) is -2.01. The summed E-state index contributed by atoms with van der Waals surface area (Å²) in [5.74, 6) is -0.483. The highest BCUT2D eigenvalue weighted by atomic mass is 32.2. The van der Waals surface area contributed by atoms with E-state index in [1.54, 1.807) is 49.4 Å². The smallest absolute Gasteiger partial charge is 0.256 e. The number of piperidine rings is 1. The number of amides is 2. The molecular weight excluding hydrogens is 402 g/mol. The molecule has 0 spiro atoms. The van der Waals surface area contributed by atoms with Crippen LogP contribution in [-0.2, 0) is 10.0 Å². The van der Waals surface area contributed by atoms with Gasteiger partial charge < -0.3 is 10.2 Å². The summed E-state index contributed by atoms with van der Waals surface area (Å²) in [6.07, 6.45) is 4.21. The number of carbonyl (C=O) groups excluding carboxylic acids is 2. The Hall–Kier alpha value is -2.87. The zero-order chi connectivity index (χ0) is 21.9. The van der Waals surface area contributed by atoms with Gasteiger partial charge in [0.05, 0.1) is 23.2 Å². The first kappa shape index (κ1) is 21.8. The topological polar surface area (TPSA) is 86.8 Å². The Morgan fingerprint density at radius 2 is 1.60 bits per heavy atom. The molecule has 1 N–H and O–H groups in total. The van der Waals surface area contributed by atoms with Gasteiger partial charge in [-0.1, -0.05) is 18.2 Å². The summed E-state index contributed by atoms with van der Waals surface area (Å²) in [6.45, 7) is 3.15. The van der Waals surface area contributed by atoms with E-state index >= 15 is 0 Å². The molecule has 30 heavy (non-hydrogen) atoms. The molecule has 0 unspecified atom stereocenters. The molecule has 0 radical (unpaired) electrons. The van der Waals surface area contributed by atoms with Crippen molar-refractivity contribution >= 4 is 33.2 Å². The summed E-state index contributed by atoms with van der Waals surface area (Å²) in [5.41, 5.74) is 2.22. The van der Waals surface area contributed by atoms with Crippen molar-refractivity contribution in [1.29, 1.82) is 0 Å². The second-order valence-electron chi connectivity index (χ2n) is 7.53. The molecule has 1 aliphatic rings. The van der Waals surface area contributed by atoms with Crippen molar-refractivity contribution in [3.05, 3.63) is 59.2 Å². The second-order valence-corrected chi connectivity index (χ2v) is 9.55. The first-order valence-corrected chi connectivity index (χ1v) is 11.8. The normalized spacial score (nSPS) is 14.3. The molecule has 0 aromatic heterocycles. The molecule has 0 bridgehead atoms. The van der Waals surface area contributed by atoms with Gasteiger partial charge in [-0.15, -0.1) is 0 Å². The Kier molecular flexibility index (Phi) is 6.45. The van der Waals surface area contributed by atoms with Gasteiger partial charge in [0.25, 0.3) is 11.8 Å². The molecule has 1 saturated heterocycles. The number of nitrogens with one attached hydrogen (secondary N) is 1. The molecule has 2 amide bonds. The number of sulfonamides is 1. The zero-order valence-corrected chi connectivity index (χ0v) is 18.3. The lowest BCUT2D eigenvalue weighted by molar-refractivity contribution is 0.0725. The number of benzene rings is 2. The van der Waals surface area contributed by atoms with E-state index in [9.17, 15) is 18.0 Å². The van der Waals surface area contributed by atoms with Crippen molar-refractivity contribution in [3.8, 4) is 0 Å². The Morgan fingerprint density at radius 3 is 2.27 bits per heavy atom. The molecule has 1 heterocycles. The van der Waals surface area contributed by atoms with Crippen LogP contribution in [0.15, 0.2) is 42.5 Å². The van der Waals surface area contributed by atoms with Crippen LogP contribution in [0.3, 0.4) is 0 Å². The van der Waals surface area contributed by atoms with Crippen LogP contribution >= 0.6 is 0 Å². The molecule has 1 fully saturated rings. The van der Waals surface area contributed by atoms with E-state index in [2.05, 4.69) is 5.32 Å². The highest BCUT2D eigenvalue weighted by Gasteiger charge is 2.23.